The molecule has 2 aromatic rings. The zero-order chi connectivity index (χ0) is 10.8. The molecule has 2 heteroatoms. The van der Waals surface area contributed by atoms with Crippen LogP contribution in [0.1, 0.15) is 12.5 Å². The molecular formula is C13H10O2. The van der Waals surface area contributed by atoms with Gasteiger partial charge in [-0.2, -0.15) is 0 Å². The second-order valence-corrected chi connectivity index (χ2v) is 3.41. The van der Waals surface area contributed by atoms with Crippen LogP contribution in [-0.2, 0) is 4.79 Å². The zero-order valence-corrected chi connectivity index (χ0v) is 8.32. The molecule has 0 aromatic heterocycles. The number of phenolic OH excluding ortho intramolecular Hbond substituents is 1. The van der Waals surface area contributed by atoms with Gasteiger partial charge in [-0.05, 0) is 23.8 Å². The van der Waals surface area contributed by atoms with Crippen molar-refractivity contribution in [3.8, 4) is 5.75 Å². The molecule has 2 nitrogen and oxygen atoms in total. The quantitative estimate of drug-likeness (QED) is 0.715. The maximum atomic E-state index is 10.6. The Balaban J connectivity index is 2.92. The molecule has 15 heavy (non-hydrogen) atoms. The van der Waals surface area contributed by atoms with Gasteiger partial charge in [0.25, 0.3) is 0 Å². The van der Waals surface area contributed by atoms with E-state index in [2.05, 4.69) is 0 Å². The number of carbonyl (C=O) groups excluding carboxylic acids is 1. The van der Waals surface area contributed by atoms with Crippen LogP contribution in [0.3, 0.4) is 0 Å². The van der Waals surface area contributed by atoms with Crippen LogP contribution in [-0.4, -0.2) is 11.0 Å². The SMILES string of the molecule is CC(=C=O)c1c(O)ccc2ccccc12. The van der Waals surface area contributed by atoms with Crippen LogP contribution in [0.4, 0.5) is 0 Å². The number of rotatable bonds is 1. The van der Waals surface area contributed by atoms with E-state index in [-0.39, 0.29) is 5.75 Å². The third-order valence-electron chi connectivity index (χ3n) is 2.44. The third kappa shape index (κ3) is 1.51. The topological polar surface area (TPSA) is 37.3 Å². The first-order chi connectivity index (χ1) is 7.24. The maximum absolute atomic E-state index is 10.6. The number of hydrogen-bond donors (Lipinski definition) is 1. The van der Waals surface area contributed by atoms with Crippen LogP contribution in [0.15, 0.2) is 36.4 Å². The van der Waals surface area contributed by atoms with Gasteiger partial charge in [-0.3, -0.25) is 0 Å². The Morgan fingerprint density at radius 2 is 1.93 bits per heavy atom. The summed E-state index contributed by atoms with van der Waals surface area (Å²) in [5.41, 5.74) is 0.993. The average molecular weight is 198 g/mol. The van der Waals surface area contributed by atoms with Gasteiger partial charge in [-0.25, -0.2) is 4.79 Å². The summed E-state index contributed by atoms with van der Waals surface area (Å²) in [6, 6.07) is 11.0. The van der Waals surface area contributed by atoms with Gasteiger partial charge in [0.15, 0.2) is 0 Å². The Morgan fingerprint density at radius 3 is 2.67 bits per heavy atom. The number of benzene rings is 2. The average Bonchev–Trinajstić information content (AvgIpc) is 2.28. The minimum Gasteiger partial charge on any atom is -0.507 e. The van der Waals surface area contributed by atoms with Crippen molar-refractivity contribution < 1.29 is 9.90 Å². The predicted octanol–water partition coefficient (Wildman–Crippen LogP) is 2.78. The Kier molecular flexibility index (Phi) is 2.28. The molecule has 0 fully saturated rings. The molecule has 0 spiro atoms. The van der Waals surface area contributed by atoms with Crippen molar-refractivity contribution in [2.75, 3.05) is 0 Å². The fraction of sp³-hybridized carbons (Fsp3) is 0.0769. The van der Waals surface area contributed by atoms with E-state index in [9.17, 15) is 9.90 Å². The molecule has 0 aliphatic carbocycles. The van der Waals surface area contributed by atoms with Crippen molar-refractivity contribution >= 4 is 22.3 Å². The highest BCUT2D eigenvalue weighted by Gasteiger charge is 2.08. The van der Waals surface area contributed by atoms with Crippen molar-refractivity contribution in [3.05, 3.63) is 42.0 Å². The van der Waals surface area contributed by atoms with Gasteiger partial charge in [0.1, 0.15) is 11.7 Å². The van der Waals surface area contributed by atoms with Gasteiger partial charge in [-0.15, -0.1) is 0 Å². The first kappa shape index (κ1) is 9.50. The van der Waals surface area contributed by atoms with E-state index in [4.69, 9.17) is 0 Å². The minimum absolute atomic E-state index is 0.120. The Bertz CT molecular complexity index is 564. The highest BCUT2D eigenvalue weighted by atomic mass is 16.3. The monoisotopic (exact) mass is 198 g/mol. The lowest BCUT2D eigenvalue weighted by Gasteiger charge is -2.06. The van der Waals surface area contributed by atoms with Crippen molar-refractivity contribution in [2.45, 2.75) is 6.92 Å². The molecule has 0 aliphatic rings. The number of phenols is 1. The highest BCUT2D eigenvalue weighted by Crippen LogP contribution is 2.31. The summed E-state index contributed by atoms with van der Waals surface area (Å²) in [6.07, 6.45) is 0. The zero-order valence-electron chi connectivity index (χ0n) is 8.32. The lowest BCUT2D eigenvalue weighted by Crippen LogP contribution is -1.85. The Hall–Kier alpha value is -2.05. The lowest BCUT2D eigenvalue weighted by atomic mass is 9.99. The molecule has 0 aliphatic heterocycles. The van der Waals surface area contributed by atoms with Gasteiger partial charge in [-0.1, -0.05) is 30.3 Å². The van der Waals surface area contributed by atoms with Crippen molar-refractivity contribution in [3.63, 3.8) is 0 Å². The number of aromatic hydroxyl groups is 1. The van der Waals surface area contributed by atoms with Crippen molar-refractivity contribution in [1.82, 2.24) is 0 Å². The minimum atomic E-state index is 0.120. The van der Waals surface area contributed by atoms with Crippen LogP contribution in [0.25, 0.3) is 16.3 Å². The maximum Gasteiger partial charge on any atom is 0.128 e. The second-order valence-electron chi connectivity index (χ2n) is 3.41. The van der Waals surface area contributed by atoms with Crippen LogP contribution in [0.5, 0.6) is 5.75 Å². The second kappa shape index (κ2) is 3.60. The summed E-state index contributed by atoms with van der Waals surface area (Å²) in [6.45, 7) is 1.65. The first-order valence-corrected chi connectivity index (χ1v) is 4.67. The number of hydrogen-bond acceptors (Lipinski definition) is 2. The van der Waals surface area contributed by atoms with E-state index in [0.29, 0.717) is 11.1 Å². The lowest BCUT2D eigenvalue weighted by molar-refractivity contribution is 0.474. The molecule has 0 amide bonds. The van der Waals surface area contributed by atoms with Crippen molar-refractivity contribution in [1.29, 1.82) is 0 Å². The van der Waals surface area contributed by atoms with Gasteiger partial charge >= 0.3 is 0 Å². The molecule has 2 aromatic carbocycles. The molecule has 0 radical (unpaired) electrons. The van der Waals surface area contributed by atoms with Gasteiger partial charge in [0.2, 0.25) is 0 Å². The predicted molar refractivity (Wildman–Crippen MR) is 60.4 cm³/mol. The summed E-state index contributed by atoms with van der Waals surface area (Å²) in [5, 5.41) is 11.6. The van der Waals surface area contributed by atoms with Gasteiger partial charge < -0.3 is 5.11 Å². The van der Waals surface area contributed by atoms with E-state index >= 15 is 0 Å². The van der Waals surface area contributed by atoms with Crippen molar-refractivity contribution in [2.24, 2.45) is 0 Å². The van der Waals surface area contributed by atoms with E-state index in [1.807, 2.05) is 36.3 Å². The molecule has 1 N–H and O–H groups in total. The first-order valence-electron chi connectivity index (χ1n) is 4.67. The summed E-state index contributed by atoms with van der Waals surface area (Å²) in [7, 11) is 0. The van der Waals surface area contributed by atoms with Crippen LogP contribution in [0.2, 0.25) is 0 Å². The molecule has 0 heterocycles. The summed E-state index contributed by atoms with van der Waals surface area (Å²) in [5.74, 6) is 1.94. The standard InChI is InChI=1S/C13H10O2/c1-9(8-14)13-11-5-3-2-4-10(11)6-7-12(13)15/h2-7,15H,1H3. The van der Waals surface area contributed by atoms with Gasteiger partial charge in [0.05, 0.1) is 0 Å². The van der Waals surface area contributed by atoms with Gasteiger partial charge in [0, 0.05) is 11.1 Å². The molecule has 0 unspecified atom stereocenters. The summed E-state index contributed by atoms with van der Waals surface area (Å²) >= 11 is 0. The smallest absolute Gasteiger partial charge is 0.128 e. The summed E-state index contributed by atoms with van der Waals surface area (Å²) in [4.78, 5) is 10.6. The molecule has 2 rings (SSSR count). The Morgan fingerprint density at radius 1 is 1.20 bits per heavy atom. The fourth-order valence-electron chi connectivity index (χ4n) is 1.71. The molecule has 0 saturated heterocycles. The van der Waals surface area contributed by atoms with E-state index in [0.717, 1.165) is 10.8 Å². The number of allylic oxidation sites excluding steroid dienone is 1. The highest BCUT2D eigenvalue weighted by molar-refractivity contribution is 6.01. The third-order valence-corrected chi connectivity index (χ3v) is 2.44. The Labute approximate surface area is 87.5 Å². The molecule has 74 valence electrons. The van der Waals surface area contributed by atoms with Crippen LogP contribution >= 0.6 is 0 Å². The molecule has 0 saturated carbocycles. The fourth-order valence-corrected chi connectivity index (χ4v) is 1.71. The van der Waals surface area contributed by atoms with Crippen LogP contribution in [0, 0.1) is 0 Å². The van der Waals surface area contributed by atoms with E-state index in [1.165, 1.54) is 0 Å². The van der Waals surface area contributed by atoms with E-state index in [1.54, 1.807) is 13.0 Å². The summed E-state index contributed by atoms with van der Waals surface area (Å²) < 4.78 is 0. The van der Waals surface area contributed by atoms with Crippen LogP contribution < -0.4 is 0 Å². The molecule has 0 bridgehead atoms. The largest absolute Gasteiger partial charge is 0.507 e. The number of fused-ring (bicyclic) bond motifs is 1. The molecular weight excluding hydrogens is 188 g/mol. The van der Waals surface area contributed by atoms with E-state index < -0.39 is 0 Å². The normalized spacial score (nSPS) is 9.93. The molecule has 0 atom stereocenters.